The molecular formula is C22H22F6N2O2S. The van der Waals surface area contributed by atoms with Gasteiger partial charge in [0.05, 0.1) is 16.8 Å². The standard InChI is InChI=1S/C22H22F6N2O2S/c1-20(2,3)11-8-9-12-15(10-11)33-18(30-19(32)22(26,27)28)16(12)17(31)29-14-7-5-4-6-13(14)21(23,24)25/h4-7,11H,8-10H2,1-3H3,(H,29,31)(H,30,32)/t11-/m0/s1. The van der Waals surface area contributed by atoms with Gasteiger partial charge < -0.3 is 10.6 Å². The van der Waals surface area contributed by atoms with Crippen LogP contribution in [0.4, 0.5) is 37.0 Å². The summed E-state index contributed by atoms with van der Waals surface area (Å²) in [5, 5.41) is 3.60. The fourth-order valence-electron chi connectivity index (χ4n) is 3.85. The highest BCUT2D eigenvalue weighted by molar-refractivity contribution is 7.17. The van der Waals surface area contributed by atoms with Crippen molar-refractivity contribution in [3.63, 3.8) is 0 Å². The summed E-state index contributed by atoms with van der Waals surface area (Å²) < 4.78 is 78.6. The van der Waals surface area contributed by atoms with Crippen LogP contribution in [0.2, 0.25) is 0 Å². The number of hydrogen-bond donors (Lipinski definition) is 2. The van der Waals surface area contributed by atoms with Crippen LogP contribution in [0.5, 0.6) is 0 Å². The van der Waals surface area contributed by atoms with Crippen molar-refractivity contribution in [2.75, 3.05) is 10.6 Å². The molecule has 2 amide bonds. The summed E-state index contributed by atoms with van der Waals surface area (Å²) in [6.07, 6.45) is -8.43. The van der Waals surface area contributed by atoms with Gasteiger partial charge >= 0.3 is 18.3 Å². The number of fused-ring (bicyclic) bond motifs is 1. The molecule has 11 heteroatoms. The third-order valence-corrected chi connectivity index (χ3v) is 6.85. The molecule has 0 radical (unpaired) electrons. The molecule has 180 valence electrons. The number of anilines is 2. The molecule has 0 fully saturated rings. The number of amides is 2. The number of rotatable bonds is 3. The molecule has 0 saturated heterocycles. The lowest BCUT2D eigenvalue weighted by molar-refractivity contribution is -0.167. The first kappa shape index (κ1) is 25.1. The van der Waals surface area contributed by atoms with Gasteiger partial charge in [0.2, 0.25) is 0 Å². The van der Waals surface area contributed by atoms with Crippen LogP contribution in [-0.4, -0.2) is 18.0 Å². The van der Waals surface area contributed by atoms with Crippen molar-refractivity contribution in [1.29, 1.82) is 0 Å². The molecule has 3 rings (SSSR count). The van der Waals surface area contributed by atoms with Crippen LogP contribution in [0.25, 0.3) is 0 Å². The summed E-state index contributed by atoms with van der Waals surface area (Å²) in [5.74, 6) is -3.06. The van der Waals surface area contributed by atoms with Crippen LogP contribution >= 0.6 is 11.3 Å². The number of thiophene rings is 1. The minimum atomic E-state index is -5.19. The van der Waals surface area contributed by atoms with Gasteiger partial charge in [0, 0.05) is 4.88 Å². The van der Waals surface area contributed by atoms with E-state index in [-0.39, 0.29) is 21.9 Å². The van der Waals surface area contributed by atoms with Crippen LogP contribution < -0.4 is 10.6 Å². The van der Waals surface area contributed by atoms with E-state index >= 15 is 0 Å². The Morgan fingerprint density at radius 2 is 1.64 bits per heavy atom. The summed E-state index contributed by atoms with van der Waals surface area (Å²) >= 11 is 0.860. The van der Waals surface area contributed by atoms with Gasteiger partial charge in [-0.05, 0) is 48.3 Å². The van der Waals surface area contributed by atoms with Crippen molar-refractivity contribution in [1.82, 2.24) is 0 Å². The molecular weight excluding hydrogens is 470 g/mol. The highest BCUT2D eigenvalue weighted by atomic mass is 32.1. The Hall–Kier alpha value is -2.56. The molecule has 1 atom stereocenters. The lowest BCUT2D eigenvalue weighted by atomic mass is 9.72. The number of benzene rings is 1. The maximum atomic E-state index is 13.3. The van der Waals surface area contributed by atoms with E-state index in [0.29, 0.717) is 29.7 Å². The maximum Gasteiger partial charge on any atom is 0.471 e. The van der Waals surface area contributed by atoms with E-state index in [9.17, 15) is 35.9 Å². The summed E-state index contributed by atoms with van der Waals surface area (Å²) in [6, 6.07) is 4.31. The molecule has 1 aliphatic carbocycles. The van der Waals surface area contributed by atoms with E-state index in [2.05, 4.69) is 5.32 Å². The van der Waals surface area contributed by atoms with E-state index in [0.717, 1.165) is 29.5 Å². The maximum absolute atomic E-state index is 13.3. The quantitative estimate of drug-likeness (QED) is 0.470. The largest absolute Gasteiger partial charge is 0.471 e. The minimum absolute atomic E-state index is 0.0921. The third kappa shape index (κ3) is 5.51. The number of nitrogens with one attached hydrogen (secondary N) is 2. The van der Waals surface area contributed by atoms with Crippen molar-refractivity contribution in [3.05, 3.63) is 45.8 Å². The second-order valence-electron chi connectivity index (χ2n) is 8.96. The second kappa shape index (κ2) is 8.66. The number of para-hydroxylation sites is 1. The molecule has 0 spiro atoms. The molecule has 1 aliphatic rings. The molecule has 2 aromatic rings. The number of carbonyl (C=O) groups is 2. The Kier molecular flexibility index (Phi) is 6.58. The number of hydrogen-bond acceptors (Lipinski definition) is 3. The predicted molar refractivity (Wildman–Crippen MR) is 113 cm³/mol. The molecule has 0 saturated carbocycles. The summed E-state index contributed by atoms with van der Waals surface area (Å²) in [7, 11) is 0. The van der Waals surface area contributed by atoms with Gasteiger partial charge in [-0.25, -0.2) is 0 Å². The lowest BCUT2D eigenvalue weighted by Gasteiger charge is -2.33. The topological polar surface area (TPSA) is 58.2 Å². The van der Waals surface area contributed by atoms with Gasteiger partial charge in [0.15, 0.2) is 0 Å². The number of carbonyl (C=O) groups excluding carboxylic acids is 2. The second-order valence-corrected chi connectivity index (χ2v) is 10.1. The van der Waals surface area contributed by atoms with Crippen LogP contribution in [0, 0.1) is 11.3 Å². The van der Waals surface area contributed by atoms with Crippen LogP contribution in [0.1, 0.15) is 53.6 Å². The average molecular weight is 492 g/mol. The summed E-state index contributed by atoms with van der Waals surface area (Å²) in [5.41, 5.74) is -1.47. The van der Waals surface area contributed by atoms with Crippen LogP contribution in [-0.2, 0) is 23.8 Å². The fourth-order valence-corrected chi connectivity index (χ4v) is 5.17. The van der Waals surface area contributed by atoms with Gasteiger partial charge in [-0.3, -0.25) is 9.59 Å². The minimum Gasteiger partial charge on any atom is -0.321 e. The number of halogens is 6. The zero-order valence-corrected chi connectivity index (χ0v) is 18.8. The highest BCUT2D eigenvalue weighted by Gasteiger charge is 2.41. The normalized spacial score (nSPS) is 16.8. The third-order valence-electron chi connectivity index (χ3n) is 5.68. The van der Waals surface area contributed by atoms with E-state index in [1.165, 1.54) is 6.07 Å². The van der Waals surface area contributed by atoms with Gasteiger partial charge in [0.1, 0.15) is 5.00 Å². The predicted octanol–water partition coefficient (Wildman–Crippen LogP) is 6.67. The Morgan fingerprint density at radius 1 is 1.00 bits per heavy atom. The van der Waals surface area contributed by atoms with E-state index in [4.69, 9.17) is 0 Å². The molecule has 1 aromatic carbocycles. The molecule has 0 unspecified atom stereocenters. The Labute approximate surface area is 190 Å². The van der Waals surface area contributed by atoms with Crippen LogP contribution in [0.3, 0.4) is 0 Å². The first-order valence-electron chi connectivity index (χ1n) is 10.1. The summed E-state index contributed by atoms with van der Waals surface area (Å²) in [4.78, 5) is 25.3. The average Bonchev–Trinajstić information content (AvgIpc) is 3.03. The van der Waals surface area contributed by atoms with Gasteiger partial charge in [-0.1, -0.05) is 32.9 Å². The molecule has 4 nitrogen and oxygen atoms in total. The molecule has 33 heavy (non-hydrogen) atoms. The van der Waals surface area contributed by atoms with Gasteiger partial charge in [0.25, 0.3) is 5.91 Å². The SMILES string of the molecule is CC(C)(C)[C@H]1CCc2c(sc(NC(=O)C(F)(F)F)c2C(=O)Nc2ccccc2C(F)(F)F)C1. The fraction of sp³-hybridized carbons (Fsp3) is 0.455. The van der Waals surface area contributed by atoms with Crippen molar-refractivity contribution in [2.24, 2.45) is 11.3 Å². The molecule has 1 aromatic heterocycles. The van der Waals surface area contributed by atoms with Crippen molar-refractivity contribution in [3.8, 4) is 0 Å². The number of alkyl halides is 6. The zero-order valence-electron chi connectivity index (χ0n) is 18.0. The van der Waals surface area contributed by atoms with Crippen molar-refractivity contribution in [2.45, 2.75) is 52.4 Å². The van der Waals surface area contributed by atoms with Gasteiger partial charge in [-0.2, -0.15) is 26.3 Å². The Bertz CT molecular complexity index is 1070. The molecule has 1 heterocycles. The zero-order chi connectivity index (χ0) is 24.8. The lowest BCUT2D eigenvalue weighted by Crippen LogP contribution is -2.30. The smallest absolute Gasteiger partial charge is 0.321 e. The van der Waals surface area contributed by atoms with Crippen molar-refractivity contribution < 1.29 is 35.9 Å². The van der Waals surface area contributed by atoms with E-state index in [1.54, 1.807) is 5.32 Å². The van der Waals surface area contributed by atoms with E-state index < -0.39 is 35.4 Å². The van der Waals surface area contributed by atoms with Crippen molar-refractivity contribution >= 4 is 33.8 Å². The Balaban J connectivity index is 2.02. The van der Waals surface area contributed by atoms with Gasteiger partial charge in [-0.15, -0.1) is 11.3 Å². The first-order chi connectivity index (χ1) is 15.1. The summed E-state index contributed by atoms with van der Waals surface area (Å²) in [6.45, 7) is 6.10. The first-order valence-corrected chi connectivity index (χ1v) is 10.9. The highest BCUT2D eigenvalue weighted by Crippen LogP contribution is 2.45. The Morgan fingerprint density at radius 3 is 2.21 bits per heavy atom. The molecule has 2 N–H and O–H groups in total. The molecule has 0 aliphatic heterocycles. The van der Waals surface area contributed by atoms with E-state index in [1.807, 2.05) is 20.8 Å². The van der Waals surface area contributed by atoms with Crippen LogP contribution in [0.15, 0.2) is 24.3 Å². The molecule has 0 bridgehead atoms. The monoisotopic (exact) mass is 492 g/mol.